The van der Waals surface area contributed by atoms with Crippen molar-refractivity contribution in [3.8, 4) is 5.75 Å². The summed E-state index contributed by atoms with van der Waals surface area (Å²) in [7, 11) is -3.06. The fourth-order valence-electron chi connectivity index (χ4n) is 2.85. The van der Waals surface area contributed by atoms with Crippen LogP contribution in [0.15, 0.2) is 24.3 Å². The molecule has 1 saturated heterocycles. The zero-order valence-corrected chi connectivity index (χ0v) is 13.5. The van der Waals surface area contributed by atoms with Gasteiger partial charge in [-0.15, -0.1) is 0 Å². The van der Waals surface area contributed by atoms with Gasteiger partial charge < -0.3 is 10.1 Å². The fraction of sp³-hybridized carbons (Fsp3) is 0.467. The number of para-hydroxylation sites is 2. The van der Waals surface area contributed by atoms with Gasteiger partial charge in [-0.25, -0.2) is 8.42 Å². The van der Waals surface area contributed by atoms with E-state index < -0.39 is 15.9 Å². The van der Waals surface area contributed by atoms with Crippen LogP contribution in [-0.4, -0.2) is 50.4 Å². The second kappa shape index (κ2) is 5.84. The molecule has 2 aliphatic heterocycles. The molecule has 0 spiro atoms. The van der Waals surface area contributed by atoms with Crippen molar-refractivity contribution in [1.29, 1.82) is 0 Å². The van der Waals surface area contributed by atoms with Gasteiger partial charge in [0.15, 0.2) is 15.9 Å². The smallest absolute Gasteiger partial charge is 0.268 e. The van der Waals surface area contributed by atoms with E-state index in [9.17, 15) is 18.0 Å². The van der Waals surface area contributed by atoms with Crippen molar-refractivity contribution >= 4 is 27.3 Å². The number of sulfone groups is 1. The van der Waals surface area contributed by atoms with Crippen molar-refractivity contribution in [2.75, 3.05) is 23.0 Å². The van der Waals surface area contributed by atoms with Gasteiger partial charge in [0.25, 0.3) is 5.91 Å². The first-order valence-electron chi connectivity index (χ1n) is 7.42. The molecule has 0 bridgehead atoms. The van der Waals surface area contributed by atoms with Gasteiger partial charge >= 0.3 is 0 Å². The molecule has 1 fully saturated rings. The standard InChI is InChI=1S/C15H18N2O5S/c1-10-15(19)17(12-4-2-3-5-13(12)22-10)8-14(18)16-11-6-7-23(20,21)9-11/h2-5,10-11H,6-9H2,1H3,(H,16,18)/t10-,11-/m1/s1. The highest BCUT2D eigenvalue weighted by atomic mass is 32.2. The molecule has 0 aliphatic carbocycles. The Morgan fingerprint density at radius 1 is 1.39 bits per heavy atom. The number of rotatable bonds is 3. The van der Waals surface area contributed by atoms with E-state index in [2.05, 4.69) is 5.32 Å². The number of hydrogen-bond donors (Lipinski definition) is 1. The summed E-state index contributed by atoms with van der Waals surface area (Å²) in [5.41, 5.74) is 0.546. The molecule has 3 rings (SSSR count). The normalized spacial score (nSPS) is 25.6. The Labute approximate surface area is 134 Å². The first kappa shape index (κ1) is 15.8. The Bertz CT molecular complexity index is 746. The van der Waals surface area contributed by atoms with Crippen molar-refractivity contribution in [1.82, 2.24) is 5.32 Å². The number of hydrogen-bond acceptors (Lipinski definition) is 5. The topological polar surface area (TPSA) is 92.8 Å². The van der Waals surface area contributed by atoms with Crippen molar-refractivity contribution in [3.63, 3.8) is 0 Å². The lowest BCUT2D eigenvalue weighted by Crippen LogP contribution is -2.50. The van der Waals surface area contributed by atoms with E-state index in [4.69, 9.17) is 4.74 Å². The Kier molecular flexibility index (Phi) is 4.01. The van der Waals surface area contributed by atoms with Gasteiger partial charge in [0.2, 0.25) is 5.91 Å². The predicted molar refractivity (Wildman–Crippen MR) is 84.1 cm³/mol. The van der Waals surface area contributed by atoms with Crippen LogP contribution in [0, 0.1) is 0 Å². The van der Waals surface area contributed by atoms with E-state index >= 15 is 0 Å². The molecule has 2 aliphatic rings. The Balaban J connectivity index is 1.71. The molecule has 1 aromatic carbocycles. The fourth-order valence-corrected chi connectivity index (χ4v) is 4.52. The molecule has 2 heterocycles. The van der Waals surface area contributed by atoms with Crippen LogP contribution in [0.3, 0.4) is 0 Å². The molecule has 1 aromatic rings. The predicted octanol–water partition coefficient (Wildman–Crippen LogP) is 0.104. The highest BCUT2D eigenvalue weighted by Gasteiger charge is 2.34. The van der Waals surface area contributed by atoms with Crippen LogP contribution in [0.25, 0.3) is 0 Å². The number of amides is 2. The number of ether oxygens (including phenoxy) is 1. The monoisotopic (exact) mass is 338 g/mol. The van der Waals surface area contributed by atoms with Crippen LogP contribution in [0.5, 0.6) is 5.75 Å². The summed E-state index contributed by atoms with van der Waals surface area (Å²) in [5.74, 6) is -0.0602. The number of nitrogens with zero attached hydrogens (tertiary/aromatic N) is 1. The molecule has 0 aromatic heterocycles. The maximum Gasteiger partial charge on any atom is 0.268 e. The number of benzene rings is 1. The maximum atomic E-state index is 12.3. The van der Waals surface area contributed by atoms with Gasteiger partial charge in [-0.2, -0.15) is 0 Å². The van der Waals surface area contributed by atoms with E-state index in [0.717, 1.165) is 0 Å². The van der Waals surface area contributed by atoms with Crippen LogP contribution in [0.2, 0.25) is 0 Å². The van der Waals surface area contributed by atoms with Gasteiger partial charge in [0, 0.05) is 6.04 Å². The maximum absolute atomic E-state index is 12.3. The summed E-state index contributed by atoms with van der Waals surface area (Å²) in [6.45, 7) is 1.48. The van der Waals surface area contributed by atoms with E-state index in [1.54, 1.807) is 31.2 Å². The van der Waals surface area contributed by atoms with Crippen LogP contribution in [0.4, 0.5) is 5.69 Å². The van der Waals surface area contributed by atoms with Crippen LogP contribution >= 0.6 is 0 Å². The van der Waals surface area contributed by atoms with Gasteiger partial charge in [-0.1, -0.05) is 12.1 Å². The minimum Gasteiger partial charge on any atom is -0.479 e. The van der Waals surface area contributed by atoms with Crippen LogP contribution in [-0.2, 0) is 19.4 Å². The average molecular weight is 338 g/mol. The highest BCUT2D eigenvalue weighted by molar-refractivity contribution is 7.91. The zero-order chi connectivity index (χ0) is 16.6. The third-order valence-corrected chi connectivity index (χ3v) is 5.74. The van der Waals surface area contributed by atoms with Crippen molar-refractivity contribution in [2.45, 2.75) is 25.5 Å². The van der Waals surface area contributed by atoms with Crippen LogP contribution < -0.4 is 15.0 Å². The van der Waals surface area contributed by atoms with Gasteiger partial charge in [0.1, 0.15) is 12.3 Å². The molecule has 7 nitrogen and oxygen atoms in total. The average Bonchev–Trinajstić information content (AvgIpc) is 2.82. The Hall–Kier alpha value is -2.09. The summed E-state index contributed by atoms with van der Waals surface area (Å²) in [5, 5.41) is 2.70. The number of fused-ring (bicyclic) bond motifs is 1. The molecule has 0 radical (unpaired) electrons. The zero-order valence-electron chi connectivity index (χ0n) is 12.7. The van der Waals surface area contributed by atoms with E-state index in [0.29, 0.717) is 17.9 Å². The van der Waals surface area contributed by atoms with E-state index in [1.165, 1.54) is 4.90 Å². The highest BCUT2D eigenvalue weighted by Crippen LogP contribution is 2.33. The molecule has 2 atom stereocenters. The van der Waals surface area contributed by atoms with Gasteiger partial charge in [-0.3, -0.25) is 14.5 Å². The first-order chi connectivity index (χ1) is 10.9. The number of nitrogens with one attached hydrogen (secondary N) is 1. The summed E-state index contributed by atoms with van der Waals surface area (Å²) in [6.07, 6.45) is -0.248. The summed E-state index contributed by atoms with van der Waals surface area (Å²) in [6, 6.07) is 6.64. The largest absolute Gasteiger partial charge is 0.479 e. The molecule has 0 saturated carbocycles. The number of carbonyl (C=O) groups excluding carboxylic acids is 2. The second-order valence-corrected chi connectivity index (χ2v) is 8.05. The van der Waals surface area contributed by atoms with Crippen LogP contribution in [0.1, 0.15) is 13.3 Å². The Morgan fingerprint density at radius 3 is 2.83 bits per heavy atom. The molecule has 124 valence electrons. The minimum absolute atomic E-state index is 0.0389. The van der Waals surface area contributed by atoms with E-state index in [1.807, 2.05) is 0 Å². The molecule has 2 amide bonds. The Morgan fingerprint density at radius 2 is 2.13 bits per heavy atom. The minimum atomic E-state index is -3.06. The molecule has 23 heavy (non-hydrogen) atoms. The number of anilines is 1. The van der Waals surface area contributed by atoms with Crippen molar-refractivity contribution < 1.29 is 22.7 Å². The quantitative estimate of drug-likeness (QED) is 0.844. The van der Waals surface area contributed by atoms with Crippen molar-refractivity contribution in [3.05, 3.63) is 24.3 Å². The SMILES string of the molecule is C[C@H]1Oc2ccccc2N(CC(=O)N[C@@H]2CCS(=O)(=O)C2)C1=O. The molecule has 0 unspecified atom stereocenters. The lowest BCUT2D eigenvalue weighted by Gasteiger charge is -2.32. The van der Waals surface area contributed by atoms with E-state index in [-0.39, 0.29) is 35.9 Å². The van der Waals surface area contributed by atoms with Gasteiger partial charge in [-0.05, 0) is 25.5 Å². The summed E-state index contributed by atoms with van der Waals surface area (Å²) >= 11 is 0. The molecular formula is C15H18N2O5S. The summed E-state index contributed by atoms with van der Waals surface area (Å²) in [4.78, 5) is 25.9. The molecule has 1 N–H and O–H groups in total. The third-order valence-electron chi connectivity index (χ3n) is 3.97. The lowest BCUT2D eigenvalue weighted by atomic mass is 10.2. The van der Waals surface area contributed by atoms with Crippen molar-refractivity contribution in [2.24, 2.45) is 0 Å². The third kappa shape index (κ3) is 3.31. The second-order valence-electron chi connectivity index (χ2n) is 5.82. The first-order valence-corrected chi connectivity index (χ1v) is 9.25. The molecular weight excluding hydrogens is 320 g/mol. The lowest BCUT2D eigenvalue weighted by molar-refractivity contribution is -0.128. The van der Waals surface area contributed by atoms with Gasteiger partial charge in [0.05, 0.1) is 17.2 Å². The molecule has 8 heteroatoms. The number of carbonyl (C=O) groups is 2. The summed E-state index contributed by atoms with van der Waals surface area (Å²) < 4.78 is 28.4.